The Labute approximate surface area is 111 Å². The maximum absolute atomic E-state index is 12.6. The van der Waals surface area contributed by atoms with Gasteiger partial charge in [-0.1, -0.05) is 27.7 Å². The molecule has 3 nitrogen and oxygen atoms in total. The van der Waals surface area contributed by atoms with Gasteiger partial charge in [0.05, 0.1) is 12.2 Å². The zero-order valence-electron chi connectivity index (χ0n) is 13.5. The van der Waals surface area contributed by atoms with Crippen molar-refractivity contribution in [1.29, 1.82) is 0 Å². The van der Waals surface area contributed by atoms with Crippen molar-refractivity contribution < 1.29 is 17.7 Å². The summed E-state index contributed by atoms with van der Waals surface area (Å²) in [6, 6.07) is 0. The summed E-state index contributed by atoms with van der Waals surface area (Å²) in [4.78, 5) is 12.6. The van der Waals surface area contributed by atoms with Crippen LogP contribution in [0, 0.1) is 34.5 Å². The molecule has 0 aliphatic heterocycles. The molecule has 4 rings (SSSR count). The number of rotatable bonds is 0. The van der Waals surface area contributed by atoms with Gasteiger partial charge < -0.3 is 10.2 Å². The van der Waals surface area contributed by atoms with Gasteiger partial charge in [0.2, 0.25) is 0 Å². The second kappa shape index (κ2) is 3.37. The molecule has 0 aromatic rings. The zero-order valence-corrected chi connectivity index (χ0v) is 11.5. The molecule has 0 saturated heterocycles. The van der Waals surface area contributed by atoms with Crippen LogP contribution in [0.5, 0.6) is 0 Å². The van der Waals surface area contributed by atoms with E-state index in [2.05, 4.69) is 0 Å². The summed E-state index contributed by atoms with van der Waals surface area (Å²) in [7, 11) is 0. The smallest absolute Gasteiger partial charge is 0.137 e. The first-order chi connectivity index (χ1) is 8.98. The van der Waals surface area contributed by atoms with Crippen LogP contribution >= 0.6 is 0 Å². The minimum atomic E-state index is -1.81. The number of aliphatic hydroxyl groups is 2. The second-order valence-electron chi connectivity index (χ2n) is 7.28. The molecule has 0 unspecified atom stereocenters. The normalized spacial score (nSPS) is 62.2. The average Bonchev–Trinajstić information content (AvgIpc) is 2.40. The number of ketones is 1. The number of hydrogen-bond acceptors (Lipinski definition) is 3. The maximum Gasteiger partial charge on any atom is 0.137 e. The lowest BCUT2D eigenvalue weighted by Gasteiger charge is -2.68. The summed E-state index contributed by atoms with van der Waals surface area (Å²) in [6.45, 7) is 7.58. The van der Waals surface area contributed by atoms with Crippen LogP contribution in [0.25, 0.3) is 0 Å². The van der Waals surface area contributed by atoms with E-state index in [0.717, 1.165) is 0 Å². The van der Waals surface area contributed by atoms with Gasteiger partial charge in [0.15, 0.2) is 0 Å². The monoisotopic (exact) mass is 254 g/mol. The van der Waals surface area contributed by atoms with Gasteiger partial charge in [0.1, 0.15) is 5.78 Å². The highest BCUT2D eigenvalue weighted by Gasteiger charge is 2.74. The maximum atomic E-state index is 12.6. The first-order valence-corrected chi connectivity index (χ1v) is 6.89. The quantitative estimate of drug-likeness (QED) is 0.690. The van der Waals surface area contributed by atoms with Crippen LogP contribution in [-0.2, 0) is 4.79 Å². The fourth-order valence-electron chi connectivity index (χ4n) is 5.08. The molecule has 2 N–H and O–H groups in total. The van der Waals surface area contributed by atoms with Gasteiger partial charge in [-0.05, 0) is 23.2 Å². The van der Waals surface area contributed by atoms with Gasteiger partial charge in [-0.3, -0.25) is 4.79 Å². The summed E-state index contributed by atoms with van der Waals surface area (Å²) in [5, 5.41) is 20.9. The van der Waals surface area contributed by atoms with Crippen LogP contribution < -0.4 is 0 Å². The summed E-state index contributed by atoms with van der Waals surface area (Å²) >= 11 is 0. The third-order valence-electron chi connectivity index (χ3n) is 6.21. The summed E-state index contributed by atoms with van der Waals surface area (Å²) in [6.07, 6.45) is -2.93. The van der Waals surface area contributed by atoms with Crippen LogP contribution in [0.15, 0.2) is 0 Å². The molecule has 0 radical (unpaired) electrons. The van der Waals surface area contributed by atoms with Crippen LogP contribution in [0.2, 0.25) is 0 Å². The van der Waals surface area contributed by atoms with Gasteiger partial charge in [0, 0.05) is 26.9 Å². The average molecular weight is 254 g/mol. The SMILES string of the molecule is [2H]C1([2H])C(=O)[C@@H]2[C@@H]3[C@@H]([C@H]1C)[C@@]2(C)[C@H](O)C[C@@H](O)C3(C)C. The van der Waals surface area contributed by atoms with E-state index in [-0.39, 0.29) is 24.0 Å². The minimum absolute atomic E-state index is 0.0361. The predicted octanol–water partition coefficient (Wildman–Crippen LogP) is 1.62. The van der Waals surface area contributed by atoms with E-state index in [0.29, 0.717) is 0 Å². The minimum Gasteiger partial charge on any atom is -0.392 e. The molecule has 4 saturated carbocycles. The molecule has 18 heavy (non-hydrogen) atoms. The van der Waals surface area contributed by atoms with Crippen molar-refractivity contribution in [3.8, 4) is 0 Å². The van der Waals surface area contributed by atoms with Crippen molar-refractivity contribution in [2.24, 2.45) is 34.5 Å². The predicted molar refractivity (Wildman–Crippen MR) is 67.8 cm³/mol. The van der Waals surface area contributed by atoms with E-state index >= 15 is 0 Å². The molecule has 7 atom stereocenters. The molecule has 0 aromatic heterocycles. The largest absolute Gasteiger partial charge is 0.392 e. The number of fused-ring (bicyclic) bond motifs is 2. The van der Waals surface area contributed by atoms with E-state index in [1.165, 1.54) is 0 Å². The lowest BCUT2D eigenvalue weighted by Crippen LogP contribution is -2.70. The van der Waals surface area contributed by atoms with Crippen molar-refractivity contribution in [2.45, 2.75) is 52.7 Å². The fourth-order valence-corrected chi connectivity index (χ4v) is 5.08. The molecule has 4 aliphatic rings. The first-order valence-electron chi connectivity index (χ1n) is 7.89. The van der Waals surface area contributed by atoms with Crippen molar-refractivity contribution in [1.82, 2.24) is 0 Å². The molecule has 4 bridgehead atoms. The van der Waals surface area contributed by atoms with Gasteiger partial charge in [0.25, 0.3) is 0 Å². The standard InChI is InChI=1S/C15H24O3/c1-7-5-8(16)12-13-11(7)15(12,4)10(18)6-9(17)14(13,2)3/h7,9-13,17-18H,5-6H2,1-4H3/t7-,9+,10+,11+,12+,13-,15+/m0/s1/i5D2. The Balaban J connectivity index is 2.16. The lowest BCUT2D eigenvalue weighted by atomic mass is 9.35. The summed E-state index contributed by atoms with van der Waals surface area (Å²) < 4.78 is 16.1. The lowest BCUT2D eigenvalue weighted by molar-refractivity contribution is -0.231. The van der Waals surface area contributed by atoms with Gasteiger partial charge in [-0.15, -0.1) is 0 Å². The molecule has 3 heteroatoms. The van der Waals surface area contributed by atoms with Crippen LogP contribution in [0.3, 0.4) is 0 Å². The second-order valence-corrected chi connectivity index (χ2v) is 7.28. The Kier molecular flexibility index (Phi) is 1.94. The van der Waals surface area contributed by atoms with E-state index in [4.69, 9.17) is 2.74 Å². The third-order valence-corrected chi connectivity index (χ3v) is 6.21. The topological polar surface area (TPSA) is 57.5 Å². The van der Waals surface area contributed by atoms with Crippen molar-refractivity contribution in [3.05, 3.63) is 0 Å². The number of aliphatic hydroxyl groups excluding tert-OH is 2. The molecular formula is C15H24O3. The Morgan fingerprint density at radius 3 is 2.39 bits per heavy atom. The van der Waals surface area contributed by atoms with E-state index in [1.807, 2.05) is 20.8 Å². The van der Waals surface area contributed by atoms with Crippen LogP contribution in [0.1, 0.15) is 43.2 Å². The fraction of sp³-hybridized carbons (Fsp3) is 0.933. The number of carbonyl (C=O) groups is 1. The molecule has 0 spiro atoms. The Morgan fingerprint density at radius 1 is 1.22 bits per heavy atom. The molecule has 102 valence electrons. The van der Waals surface area contributed by atoms with Gasteiger partial charge >= 0.3 is 0 Å². The highest BCUT2D eigenvalue weighted by atomic mass is 16.3. The highest BCUT2D eigenvalue weighted by molar-refractivity contribution is 5.86. The van der Waals surface area contributed by atoms with Crippen molar-refractivity contribution in [3.63, 3.8) is 0 Å². The first kappa shape index (κ1) is 10.4. The molecule has 0 aromatic carbocycles. The molecular weight excluding hydrogens is 228 g/mol. The summed E-state index contributed by atoms with van der Waals surface area (Å²) in [5.74, 6) is -1.36. The van der Waals surface area contributed by atoms with Crippen molar-refractivity contribution in [2.75, 3.05) is 0 Å². The molecule has 0 heterocycles. The molecule has 4 aliphatic carbocycles. The number of Topliss-reactive ketones (excluding diaryl/α,β-unsaturated/α-hetero) is 1. The van der Waals surface area contributed by atoms with Crippen LogP contribution in [-0.4, -0.2) is 28.2 Å². The van der Waals surface area contributed by atoms with E-state index in [1.54, 1.807) is 6.92 Å². The van der Waals surface area contributed by atoms with Crippen LogP contribution in [0.4, 0.5) is 0 Å². The van der Waals surface area contributed by atoms with Crippen molar-refractivity contribution >= 4 is 5.78 Å². The number of hydrogen-bond donors (Lipinski definition) is 2. The van der Waals surface area contributed by atoms with E-state index in [9.17, 15) is 15.0 Å². The Morgan fingerprint density at radius 2 is 1.83 bits per heavy atom. The Hall–Kier alpha value is -0.410. The number of carbonyl (C=O) groups excluding carboxylic acids is 1. The molecule has 4 fully saturated rings. The van der Waals surface area contributed by atoms with Gasteiger partial charge in [-0.25, -0.2) is 0 Å². The highest BCUT2D eigenvalue weighted by Crippen LogP contribution is 2.72. The van der Waals surface area contributed by atoms with Gasteiger partial charge in [-0.2, -0.15) is 0 Å². The zero-order chi connectivity index (χ0) is 15.2. The third kappa shape index (κ3) is 1.16. The Bertz CT molecular complexity index is 476. The van der Waals surface area contributed by atoms with E-state index < -0.39 is 41.2 Å². The molecule has 0 amide bonds. The summed E-state index contributed by atoms with van der Waals surface area (Å²) in [5.41, 5.74) is -1.05.